The summed E-state index contributed by atoms with van der Waals surface area (Å²) in [6.07, 6.45) is 2.02. The first-order valence-corrected chi connectivity index (χ1v) is 7.96. The molecule has 4 heteroatoms. The van der Waals surface area contributed by atoms with Crippen LogP contribution in [-0.2, 0) is 0 Å². The lowest BCUT2D eigenvalue weighted by molar-refractivity contribution is 0.0634. The summed E-state index contributed by atoms with van der Waals surface area (Å²) >= 11 is 0. The van der Waals surface area contributed by atoms with Gasteiger partial charge in [0.05, 0.1) is 0 Å². The van der Waals surface area contributed by atoms with Gasteiger partial charge in [0.25, 0.3) is 0 Å². The number of hydrogen-bond donors (Lipinski definition) is 1. The van der Waals surface area contributed by atoms with Gasteiger partial charge in [0.15, 0.2) is 0 Å². The zero-order chi connectivity index (χ0) is 15.3. The van der Waals surface area contributed by atoms with E-state index in [-0.39, 0.29) is 17.8 Å². The quantitative estimate of drug-likeness (QED) is 0.874. The minimum atomic E-state index is -0.184. The van der Waals surface area contributed by atoms with Crippen LogP contribution in [-0.4, -0.2) is 49.3 Å². The van der Waals surface area contributed by atoms with E-state index < -0.39 is 0 Å². The first-order valence-electron chi connectivity index (χ1n) is 7.96. The van der Waals surface area contributed by atoms with Gasteiger partial charge in [-0.05, 0) is 37.1 Å². The van der Waals surface area contributed by atoms with Crippen LogP contribution in [0.5, 0.6) is 0 Å². The standard InChI is InChI=1S/C17H27FN2O/c1-3-17(4-2,14-21)13-19-9-11-20(12-10-19)16-7-5-15(18)6-8-16/h5-8,21H,3-4,9-14H2,1-2H3. The van der Waals surface area contributed by atoms with E-state index in [4.69, 9.17) is 0 Å². The molecule has 0 radical (unpaired) electrons. The molecule has 2 rings (SSSR count). The summed E-state index contributed by atoms with van der Waals surface area (Å²) in [6.45, 7) is 9.47. The van der Waals surface area contributed by atoms with Gasteiger partial charge in [-0.15, -0.1) is 0 Å². The van der Waals surface area contributed by atoms with Gasteiger partial charge in [0.1, 0.15) is 5.82 Å². The summed E-state index contributed by atoms with van der Waals surface area (Å²) in [5, 5.41) is 9.69. The molecule has 0 spiro atoms. The van der Waals surface area contributed by atoms with E-state index in [1.807, 2.05) is 12.1 Å². The van der Waals surface area contributed by atoms with Crippen LogP contribution in [0.3, 0.4) is 0 Å². The Hall–Kier alpha value is -1.13. The average molecular weight is 294 g/mol. The Bertz CT molecular complexity index is 415. The first kappa shape index (κ1) is 16.2. The lowest BCUT2D eigenvalue weighted by Crippen LogP contribution is -2.50. The maximum absolute atomic E-state index is 13.0. The molecule has 0 saturated carbocycles. The molecule has 0 bridgehead atoms. The van der Waals surface area contributed by atoms with Crippen LogP contribution in [0.25, 0.3) is 0 Å². The molecule has 1 aromatic carbocycles. The monoisotopic (exact) mass is 294 g/mol. The Morgan fingerprint density at radius 1 is 1.05 bits per heavy atom. The Labute approximate surface area is 127 Å². The van der Waals surface area contributed by atoms with Gasteiger partial charge in [0.2, 0.25) is 0 Å². The summed E-state index contributed by atoms with van der Waals surface area (Å²) in [5.74, 6) is -0.184. The number of aliphatic hydroxyl groups excluding tert-OH is 1. The lowest BCUT2D eigenvalue weighted by Gasteiger charge is -2.41. The Morgan fingerprint density at radius 2 is 1.62 bits per heavy atom. The van der Waals surface area contributed by atoms with Gasteiger partial charge in [-0.2, -0.15) is 0 Å². The normalized spacial score (nSPS) is 17.2. The number of piperazine rings is 1. The molecule has 1 aliphatic heterocycles. The maximum Gasteiger partial charge on any atom is 0.123 e. The van der Waals surface area contributed by atoms with Crippen molar-refractivity contribution >= 4 is 5.69 Å². The third-order valence-corrected chi connectivity index (χ3v) is 4.96. The summed E-state index contributed by atoms with van der Waals surface area (Å²) in [5.41, 5.74) is 1.13. The van der Waals surface area contributed by atoms with E-state index in [0.29, 0.717) is 0 Å². The van der Waals surface area contributed by atoms with E-state index in [2.05, 4.69) is 23.6 Å². The van der Waals surface area contributed by atoms with Crippen molar-refractivity contribution in [3.05, 3.63) is 30.1 Å². The molecule has 21 heavy (non-hydrogen) atoms. The average Bonchev–Trinajstić information content (AvgIpc) is 2.54. The molecule has 1 heterocycles. The van der Waals surface area contributed by atoms with Crippen molar-refractivity contribution in [1.29, 1.82) is 0 Å². The summed E-state index contributed by atoms with van der Waals surface area (Å²) in [7, 11) is 0. The SMILES string of the molecule is CCC(CC)(CO)CN1CCN(c2ccc(F)cc2)CC1. The van der Waals surface area contributed by atoms with Crippen LogP contribution in [0.2, 0.25) is 0 Å². The predicted molar refractivity (Wildman–Crippen MR) is 85.2 cm³/mol. The smallest absolute Gasteiger partial charge is 0.123 e. The molecule has 0 amide bonds. The number of nitrogens with zero attached hydrogens (tertiary/aromatic N) is 2. The lowest BCUT2D eigenvalue weighted by atomic mass is 9.82. The molecule has 118 valence electrons. The minimum absolute atomic E-state index is 0.0397. The van der Waals surface area contributed by atoms with E-state index in [0.717, 1.165) is 51.3 Å². The fourth-order valence-electron chi connectivity index (χ4n) is 3.04. The van der Waals surface area contributed by atoms with Crippen LogP contribution >= 0.6 is 0 Å². The highest BCUT2D eigenvalue weighted by Gasteiger charge is 2.29. The van der Waals surface area contributed by atoms with Crippen molar-refractivity contribution in [3.8, 4) is 0 Å². The molecule has 3 nitrogen and oxygen atoms in total. The van der Waals surface area contributed by atoms with Crippen LogP contribution in [0, 0.1) is 11.2 Å². The van der Waals surface area contributed by atoms with Gasteiger partial charge in [-0.1, -0.05) is 13.8 Å². The molecule has 1 aliphatic rings. The topological polar surface area (TPSA) is 26.7 Å². The largest absolute Gasteiger partial charge is 0.396 e. The fourth-order valence-corrected chi connectivity index (χ4v) is 3.04. The van der Waals surface area contributed by atoms with Crippen LogP contribution in [0.1, 0.15) is 26.7 Å². The van der Waals surface area contributed by atoms with Crippen molar-refractivity contribution in [2.75, 3.05) is 44.2 Å². The molecular formula is C17H27FN2O. The molecule has 1 fully saturated rings. The highest BCUT2D eigenvalue weighted by molar-refractivity contribution is 5.46. The molecule has 0 aromatic heterocycles. The number of aliphatic hydroxyl groups is 1. The Balaban J connectivity index is 1.89. The van der Waals surface area contributed by atoms with Crippen molar-refractivity contribution < 1.29 is 9.50 Å². The highest BCUT2D eigenvalue weighted by Crippen LogP contribution is 2.27. The number of hydrogen-bond acceptors (Lipinski definition) is 3. The second-order valence-electron chi connectivity index (χ2n) is 6.10. The van der Waals surface area contributed by atoms with Gasteiger partial charge in [-0.3, -0.25) is 4.90 Å². The minimum Gasteiger partial charge on any atom is -0.396 e. The summed E-state index contributed by atoms with van der Waals surface area (Å²) in [4.78, 5) is 4.75. The van der Waals surface area contributed by atoms with E-state index >= 15 is 0 Å². The number of anilines is 1. The van der Waals surface area contributed by atoms with Gasteiger partial charge in [-0.25, -0.2) is 4.39 Å². The molecule has 1 N–H and O–H groups in total. The third-order valence-electron chi connectivity index (χ3n) is 4.96. The Morgan fingerprint density at radius 3 is 2.10 bits per heavy atom. The second kappa shape index (κ2) is 7.23. The van der Waals surface area contributed by atoms with Crippen LogP contribution in [0.15, 0.2) is 24.3 Å². The summed E-state index contributed by atoms with van der Waals surface area (Å²) < 4.78 is 13.0. The maximum atomic E-state index is 13.0. The number of halogens is 1. The molecule has 0 unspecified atom stereocenters. The molecule has 0 aliphatic carbocycles. The first-order chi connectivity index (χ1) is 10.1. The molecule has 1 aromatic rings. The fraction of sp³-hybridized carbons (Fsp3) is 0.647. The van der Waals surface area contributed by atoms with E-state index in [1.54, 1.807) is 0 Å². The van der Waals surface area contributed by atoms with Gasteiger partial charge >= 0.3 is 0 Å². The van der Waals surface area contributed by atoms with E-state index in [1.165, 1.54) is 12.1 Å². The van der Waals surface area contributed by atoms with Crippen LogP contribution in [0.4, 0.5) is 10.1 Å². The molecule has 0 atom stereocenters. The number of rotatable bonds is 6. The zero-order valence-electron chi connectivity index (χ0n) is 13.2. The molecule has 1 saturated heterocycles. The zero-order valence-corrected chi connectivity index (χ0v) is 13.2. The molecular weight excluding hydrogens is 267 g/mol. The van der Waals surface area contributed by atoms with Gasteiger partial charge < -0.3 is 10.0 Å². The van der Waals surface area contributed by atoms with Gasteiger partial charge in [0, 0.05) is 50.4 Å². The van der Waals surface area contributed by atoms with Crippen molar-refractivity contribution in [3.63, 3.8) is 0 Å². The highest BCUT2D eigenvalue weighted by atomic mass is 19.1. The van der Waals surface area contributed by atoms with Crippen molar-refractivity contribution in [2.45, 2.75) is 26.7 Å². The second-order valence-corrected chi connectivity index (χ2v) is 6.10. The van der Waals surface area contributed by atoms with Crippen LogP contribution < -0.4 is 4.90 Å². The van der Waals surface area contributed by atoms with Crippen molar-refractivity contribution in [2.24, 2.45) is 5.41 Å². The number of benzene rings is 1. The predicted octanol–water partition coefficient (Wildman–Crippen LogP) is 2.75. The van der Waals surface area contributed by atoms with E-state index in [9.17, 15) is 9.50 Å². The Kier molecular flexibility index (Phi) is 5.59. The van der Waals surface area contributed by atoms with Crippen molar-refractivity contribution in [1.82, 2.24) is 4.90 Å². The third kappa shape index (κ3) is 3.95. The summed E-state index contributed by atoms with van der Waals surface area (Å²) in [6, 6.07) is 6.74.